The molecule has 3 heterocycles. The molecule has 1 aliphatic heterocycles. The van der Waals surface area contributed by atoms with Crippen molar-refractivity contribution in [3.63, 3.8) is 0 Å². The van der Waals surface area contributed by atoms with E-state index in [1.54, 1.807) is 4.68 Å². The fourth-order valence-corrected chi connectivity index (χ4v) is 2.59. The summed E-state index contributed by atoms with van der Waals surface area (Å²) in [5.74, 6) is 0.776. The van der Waals surface area contributed by atoms with Crippen LogP contribution in [0.3, 0.4) is 0 Å². The molecule has 0 radical (unpaired) electrons. The van der Waals surface area contributed by atoms with Crippen LogP contribution >= 0.6 is 0 Å². The number of hydrogen-bond acceptors (Lipinski definition) is 4. The van der Waals surface area contributed by atoms with Crippen LogP contribution in [-0.4, -0.2) is 38.9 Å². The maximum atomic E-state index is 10.8. The molecule has 0 aliphatic carbocycles. The van der Waals surface area contributed by atoms with Gasteiger partial charge in [0.2, 0.25) is 0 Å². The predicted octanol–water partition coefficient (Wildman–Crippen LogP) is 1.87. The molecule has 2 aromatic heterocycles. The maximum absolute atomic E-state index is 10.8. The molecule has 1 fully saturated rings. The molecular weight excluding hydrogens is 268 g/mol. The van der Waals surface area contributed by atoms with Crippen molar-refractivity contribution in [2.75, 3.05) is 18.0 Å². The van der Waals surface area contributed by atoms with Crippen LogP contribution in [0.25, 0.3) is 0 Å². The topological polar surface area (TPSA) is 71.2 Å². The second-order valence-corrected chi connectivity index (χ2v) is 5.60. The zero-order valence-corrected chi connectivity index (χ0v) is 11.9. The second kappa shape index (κ2) is 5.55. The van der Waals surface area contributed by atoms with Crippen LogP contribution < -0.4 is 4.90 Å². The molecule has 110 valence electrons. The van der Waals surface area contributed by atoms with Gasteiger partial charge >= 0.3 is 5.97 Å². The van der Waals surface area contributed by atoms with Gasteiger partial charge in [-0.3, -0.25) is 4.68 Å². The van der Waals surface area contributed by atoms with Gasteiger partial charge in [0.25, 0.3) is 0 Å². The monoisotopic (exact) mass is 286 g/mol. The van der Waals surface area contributed by atoms with Crippen LogP contribution in [-0.2, 0) is 6.54 Å². The van der Waals surface area contributed by atoms with E-state index >= 15 is 0 Å². The van der Waals surface area contributed by atoms with Crippen LogP contribution in [0.15, 0.2) is 30.7 Å². The number of carboxylic acids is 1. The number of carbonyl (C=O) groups is 1. The number of anilines is 1. The quantitative estimate of drug-likeness (QED) is 0.929. The Morgan fingerprint density at radius 1 is 1.43 bits per heavy atom. The van der Waals surface area contributed by atoms with Gasteiger partial charge in [0.15, 0.2) is 0 Å². The number of rotatable bonds is 4. The Bertz CT molecular complexity index is 635. The molecule has 0 amide bonds. The molecule has 0 aromatic carbocycles. The first-order valence-corrected chi connectivity index (χ1v) is 7.07. The highest BCUT2D eigenvalue weighted by Gasteiger charge is 2.19. The van der Waals surface area contributed by atoms with Gasteiger partial charge in [0.05, 0.1) is 18.3 Å². The lowest BCUT2D eigenvalue weighted by molar-refractivity contribution is 0.0697. The molecule has 1 N–H and O–H groups in total. The minimum atomic E-state index is -0.960. The van der Waals surface area contributed by atoms with Crippen LogP contribution in [0.5, 0.6) is 0 Å². The van der Waals surface area contributed by atoms with Crippen molar-refractivity contribution >= 4 is 11.8 Å². The molecule has 3 rings (SSSR count). The van der Waals surface area contributed by atoms with Crippen molar-refractivity contribution < 1.29 is 9.90 Å². The summed E-state index contributed by atoms with van der Waals surface area (Å²) in [6.07, 6.45) is 5.93. The Balaban J connectivity index is 1.67. The molecule has 0 bridgehead atoms. The first-order valence-electron chi connectivity index (χ1n) is 7.07. The minimum absolute atomic E-state index is 0.200. The SMILES string of the molecule is CC1CCN(c2ccc(Cn3cc(C(=O)O)cn3)cn2)C1. The predicted molar refractivity (Wildman–Crippen MR) is 78.5 cm³/mol. The number of nitrogens with zero attached hydrogens (tertiary/aromatic N) is 4. The van der Waals surface area contributed by atoms with E-state index in [-0.39, 0.29) is 5.56 Å². The highest BCUT2D eigenvalue weighted by Crippen LogP contribution is 2.21. The molecule has 0 spiro atoms. The molecule has 6 nitrogen and oxygen atoms in total. The first kappa shape index (κ1) is 13.6. The van der Waals surface area contributed by atoms with E-state index in [0.717, 1.165) is 30.4 Å². The van der Waals surface area contributed by atoms with Gasteiger partial charge in [0.1, 0.15) is 5.82 Å². The molecule has 1 saturated heterocycles. The van der Waals surface area contributed by atoms with E-state index in [9.17, 15) is 4.79 Å². The smallest absolute Gasteiger partial charge is 0.338 e. The summed E-state index contributed by atoms with van der Waals surface area (Å²) in [7, 11) is 0. The van der Waals surface area contributed by atoms with Gasteiger partial charge in [-0.1, -0.05) is 13.0 Å². The van der Waals surface area contributed by atoms with Crippen molar-refractivity contribution in [2.45, 2.75) is 19.9 Å². The van der Waals surface area contributed by atoms with Crippen molar-refractivity contribution in [1.82, 2.24) is 14.8 Å². The third-order valence-corrected chi connectivity index (χ3v) is 3.78. The lowest BCUT2D eigenvalue weighted by atomic mass is 10.2. The van der Waals surface area contributed by atoms with E-state index in [4.69, 9.17) is 5.11 Å². The van der Waals surface area contributed by atoms with Gasteiger partial charge in [-0.15, -0.1) is 0 Å². The van der Waals surface area contributed by atoms with E-state index in [1.807, 2.05) is 18.3 Å². The van der Waals surface area contributed by atoms with Gasteiger partial charge in [0, 0.05) is 25.5 Å². The van der Waals surface area contributed by atoms with E-state index < -0.39 is 5.97 Å². The lowest BCUT2D eigenvalue weighted by Gasteiger charge is -2.17. The normalized spacial score (nSPS) is 18.1. The van der Waals surface area contributed by atoms with E-state index in [1.165, 1.54) is 18.8 Å². The summed E-state index contributed by atoms with van der Waals surface area (Å²) >= 11 is 0. The Kier molecular flexibility index (Phi) is 3.60. The fourth-order valence-electron chi connectivity index (χ4n) is 2.59. The first-order chi connectivity index (χ1) is 10.1. The van der Waals surface area contributed by atoms with Gasteiger partial charge in [-0.25, -0.2) is 9.78 Å². The van der Waals surface area contributed by atoms with Crippen LogP contribution in [0.2, 0.25) is 0 Å². The third kappa shape index (κ3) is 3.04. The highest BCUT2D eigenvalue weighted by molar-refractivity contribution is 5.86. The Labute approximate surface area is 123 Å². The van der Waals surface area contributed by atoms with Gasteiger partial charge in [-0.2, -0.15) is 5.10 Å². The number of pyridine rings is 1. The van der Waals surface area contributed by atoms with E-state index in [0.29, 0.717) is 6.54 Å². The van der Waals surface area contributed by atoms with Crippen LogP contribution in [0, 0.1) is 5.92 Å². The summed E-state index contributed by atoms with van der Waals surface area (Å²) < 4.78 is 1.61. The van der Waals surface area contributed by atoms with Gasteiger partial charge < -0.3 is 10.0 Å². The number of aromatic nitrogens is 3. The zero-order chi connectivity index (χ0) is 14.8. The largest absolute Gasteiger partial charge is 0.478 e. The summed E-state index contributed by atoms with van der Waals surface area (Å²) in [4.78, 5) is 17.6. The summed E-state index contributed by atoms with van der Waals surface area (Å²) in [5, 5.41) is 12.9. The summed E-state index contributed by atoms with van der Waals surface area (Å²) in [5.41, 5.74) is 1.21. The number of aromatic carboxylic acids is 1. The number of carboxylic acid groups (broad SMARTS) is 1. The summed E-state index contributed by atoms with van der Waals surface area (Å²) in [6, 6.07) is 4.04. The van der Waals surface area contributed by atoms with Crippen molar-refractivity contribution in [1.29, 1.82) is 0 Å². The van der Waals surface area contributed by atoms with E-state index in [2.05, 4.69) is 21.9 Å². The molecule has 0 saturated carbocycles. The molecule has 6 heteroatoms. The molecule has 1 unspecified atom stereocenters. The maximum Gasteiger partial charge on any atom is 0.338 e. The molecule has 1 aliphatic rings. The average Bonchev–Trinajstić information content (AvgIpc) is 3.09. The molecular formula is C15H18N4O2. The van der Waals surface area contributed by atoms with Crippen molar-refractivity contribution in [3.05, 3.63) is 41.9 Å². The Morgan fingerprint density at radius 2 is 2.29 bits per heavy atom. The Hall–Kier alpha value is -2.37. The van der Waals surface area contributed by atoms with Crippen LogP contribution in [0.1, 0.15) is 29.3 Å². The molecule has 2 aromatic rings. The van der Waals surface area contributed by atoms with Crippen molar-refractivity contribution in [2.24, 2.45) is 5.92 Å². The third-order valence-electron chi connectivity index (χ3n) is 3.78. The molecule has 21 heavy (non-hydrogen) atoms. The Morgan fingerprint density at radius 3 is 2.86 bits per heavy atom. The van der Waals surface area contributed by atoms with Crippen molar-refractivity contribution in [3.8, 4) is 0 Å². The molecule has 1 atom stereocenters. The van der Waals surface area contributed by atoms with Crippen LogP contribution in [0.4, 0.5) is 5.82 Å². The van der Waals surface area contributed by atoms with Gasteiger partial charge in [-0.05, 0) is 24.0 Å². The zero-order valence-electron chi connectivity index (χ0n) is 11.9. The summed E-state index contributed by atoms with van der Waals surface area (Å²) in [6.45, 7) is 4.91. The standard InChI is InChI=1S/C15H18N4O2/c1-11-4-5-18(8-11)14-3-2-12(6-16-14)9-19-10-13(7-17-19)15(20)21/h2-3,6-7,10-11H,4-5,8-9H2,1H3,(H,20,21). The lowest BCUT2D eigenvalue weighted by Crippen LogP contribution is -2.20. The fraction of sp³-hybridized carbons (Fsp3) is 0.400. The highest BCUT2D eigenvalue weighted by atomic mass is 16.4. The minimum Gasteiger partial charge on any atom is -0.478 e. The number of hydrogen-bond donors (Lipinski definition) is 1. The second-order valence-electron chi connectivity index (χ2n) is 5.60. The average molecular weight is 286 g/mol.